The van der Waals surface area contributed by atoms with E-state index in [1.165, 1.54) is 6.08 Å². The average Bonchev–Trinajstić information content (AvgIpc) is 3.85. The number of aromatic amines is 1. The smallest absolute Gasteiger partial charge is 0.422 e. The second-order valence-corrected chi connectivity index (χ2v) is 15.5. The van der Waals surface area contributed by atoms with Crippen LogP contribution in [0.25, 0.3) is 32.9 Å². The summed E-state index contributed by atoms with van der Waals surface area (Å²) in [6.45, 7) is 8.95. The number of piperidine rings is 1. The molecular weight excluding hydrogens is 688 g/mol. The van der Waals surface area contributed by atoms with Gasteiger partial charge in [-0.2, -0.15) is 23.3 Å². The zero-order chi connectivity index (χ0) is 37.1. The van der Waals surface area contributed by atoms with Crippen molar-refractivity contribution in [3.05, 3.63) is 48.2 Å². The molecule has 2 aromatic heterocycles. The standard InChI is InChI=1S/C39H46F4N8O2/c1-4-31(52)51-21-38(22-51)11-15-49(16-12-38)36-28-19-27(25-6-7-25)33(32-24(2)5-8-30-29(32)20-44-47-30)35(53-23-39(41,42)43)34(28)45-37(46-36)50-14-10-26(40)9-13-48(3)17-18-50/h4-5,8,19-20,25-26H,1,6-7,9-18,21-23H2,2-3H3,(H,44,47)/t26-/m0/s1. The van der Waals surface area contributed by atoms with Crippen LogP contribution in [0.5, 0.6) is 5.75 Å². The van der Waals surface area contributed by atoms with Crippen LogP contribution in [0.1, 0.15) is 55.6 Å². The number of H-pyrrole nitrogens is 1. The number of rotatable bonds is 7. The molecule has 14 heteroatoms. The first kappa shape index (κ1) is 35.6. The predicted octanol–water partition coefficient (Wildman–Crippen LogP) is 6.78. The Kier molecular flexibility index (Phi) is 9.23. The van der Waals surface area contributed by atoms with Crippen molar-refractivity contribution in [3.63, 3.8) is 0 Å². The highest BCUT2D eigenvalue weighted by atomic mass is 19.4. The Morgan fingerprint density at radius 1 is 1.00 bits per heavy atom. The first-order valence-corrected chi connectivity index (χ1v) is 18.7. The lowest BCUT2D eigenvalue weighted by Gasteiger charge is -2.54. The van der Waals surface area contributed by atoms with Gasteiger partial charge in [0.05, 0.1) is 11.7 Å². The van der Waals surface area contributed by atoms with Crippen molar-refractivity contribution in [2.75, 3.05) is 75.8 Å². The van der Waals surface area contributed by atoms with Crippen LogP contribution in [0.3, 0.4) is 0 Å². The van der Waals surface area contributed by atoms with Gasteiger partial charge < -0.3 is 24.3 Å². The number of likely N-dealkylation sites (N-methyl/N-ethyl adjacent to an activating group) is 1. The number of carbonyl (C=O) groups is 1. The van der Waals surface area contributed by atoms with Crippen LogP contribution < -0.4 is 14.5 Å². The molecule has 1 amide bonds. The molecule has 5 heterocycles. The Balaban J connectivity index is 1.32. The number of hydrogen-bond donors (Lipinski definition) is 1. The lowest BCUT2D eigenvalue weighted by Crippen LogP contribution is -2.61. The number of alkyl halides is 4. The third-order valence-corrected chi connectivity index (χ3v) is 11.7. The van der Waals surface area contributed by atoms with Gasteiger partial charge in [-0.15, -0.1) is 0 Å². The van der Waals surface area contributed by atoms with E-state index in [1.54, 1.807) is 6.20 Å². The summed E-state index contributed by atoms with van der Waals surface area (Å²) in [4.78, 5) is 30.6. The van der Waals surface area contributed by atoms with E-state index in [1.807, 2.05) is 35.9 Å². The predicted molar refractivity (Wildman–Crippen MR) is 197 cm³/mol. The molecule has 1 N–H and O–H groups in total. The average molecular weight is 735 g/mol. The molecule has 8 rings (SSSR count). The molecule has 1 atom stereocenters. The molecule has 1 saturated carbocycles. The number of amides is 1. The van der Waals surface area contributed by atoms with E-state index in [9.17, 15) is 18.0 Å². The lowest BCUT2D eigenvalue weighted by molar-refractivity contribution is -0.153. The summed E-state index contributed by atoms with van der Waals surface area (Å²) in [5, 5.41) is 8.74. The third-order valence-electron chi connectivity index (χ3n) is 11.7. The van der Waals surface area contributed by atoms with Crippen LogP contribution in [0.2, 0.25) is 0 Å². The number of fused-ring (bicyclic) bond motifs is 2. The van der Waals surface area contributed by atoms with Gasteiger partial charge >= 0.3 is 6.18 Å². The molecule has 3 aliphatic heterocycles. The maximum absolute atomic E-state index is 15.0. The van der Waals surface area contributed by atoms with Gasteiger partial charge in [0.1, 0.15) is 17.5 Å². The summed E-state index contributed by atoms with van der Waals surface area (Å²) in [6, 6.07) is 5.95. The zero-order valence-electron chi connectivity index (χ0n) is 30.3. The second kappa shape index (κ2) is 13.7. The summed E-state index contributed by atoms with van der Waals surface area (Å²) in [7, 11) is 1.96. The van der Waals surface area contributed by atoms with Crippen molar-refractivity contribution in [1.82, 2.24) is 30.0 Å². The number of aryl methyl sites for hydroxylation is 1. The highest BCUT2D eigenvalue weighted by Crippen LogP contribution is 2.53. The van der Waals surface area contributed by atoms with Crippen LogP contribution in [0.15, 0.2) is 37.1 Å². The molecule has 282 valence electrons. The largest absolute Gasteiger partial charge is 0.481 e. The maximum atomic E-state index is 15.0. The first-order chi connectivity index (χ1) is 25.4. The Labute approximate surface area is 306 Å². The summed E-state index contributed by atoms with van der Waals surface area (Å²) < 4.78 is 63.3. The summed E-state index contributed by atoms with van der Waals surface area (Å²) in [5.74, 6) is 1.15. The molecule has 3 saturated heterocycles. The van der Waals surface area contributed by atoms with Gasteiger partial charge in [-0.3, -0.25) is 9.89 Å². The number of benzene rings is 2. The Morgan fingerprint density at radius 2 is 1.75 bits per heavy atom. The van der Waals surface area contributed by atoms with E-state index in [2.05, 4.69) is 32.6 Å². The third kappa shape index (κ3) is 7.02. The SMILES string of the molecule is C=CC(=O)N1CC2(CCN(c3nc(N4CC[C@@H](F)CCN(C)CC4)nc4c(OCC(F)(F)F)c(-c5c(C)ccc6[nH]ncc56)c(C5CC5)cc34)CC2)C1. The Hall–Kier alpha value is -4.46. The van der Waals surface area contributed by atoms with Gasteiger partial charge in [-0.1, -0.05) is 12.6 Å². The fourth-order valence-corrected chi connectivity index (χ4v) is 8.41. The van der Waals surface area contributed by atoms with E-state index in [4.69, 9.17) is 14.7 Å². The number of nitrogens with zero attached hydrogens (tertiary/aromatic N) is 7. The number of halogens is 4. The molecule has 1 spiro atoms. The van der Waals surface area contributed by atoms with Crippen LogP contribution >= 0.6 is 0 Å². The number of likely N-dealkylation sites (tertiary alicyclic amines) is 1. The number of carbonyl (C=O) groups excluding carboxylic acids is 1. The summed E-state index contributed by atoms with van der Waals surface area (Å²) in [6.07, 6.45) is 1.67. The van der Waals surface area contributed by atoms with Crippen molar-refractivity contribution < 1.29 is 27.1 Å². The van der Waals surface area contributed by atoms with E-state index < -0.39 is 19.0 Å². The minimum Gasteiger partial charge on any atom is -0.481 e. The molecule has 53 heavy (non-hydrogen) atoms. The minimum absolute atomic E-state index is 0.0109. The number of hydrogen-bond acceptors (Lipinski definition) is 8. The molecule has 4 fully saturated rings. The normalized spacial score (nSPS) is 21.4. The molecule has 0 radical (unpaired) electrons. The molecule has 4 aliphatic rings. The summed E-state index contributed by atoms with van der Waals surface area (Å²) >= 11 is 0. The van der Waals surface area contributed by atoms with E-state index in [0.29, 0.717) is 93.4 Å². The number of ether oxygens (including phenoxy) is 1. The molecule has 0 unspecified atom stereocenters. The Bertz CT molecular complexity index is 2020. The monoisotopic (exact) mass is 734 g/mol. The van der Waals surface area contributed by atoms with Crippen molar-refractivity contribution in [2.45, 2.75) is 63.7 Å². The van der Waals surface area contributed by atoms with Crippen molar-refractivity contribution in [2.24, 2.45) is 5.41 Å². The Morgan fingerprint density at radius 3 is 2.47 bits per heavy atom. The molecule has 2 aromatic carbocycles. The van der Waals surface area contributed by atoms with E-state index in [-0.39, 0.29) is 23.0 Å². The van der Waals surface area contributed by atoms with Crippen LogP contribution in [0, 0.1) is 12.3 Å². The van der Waals surface area contributed by atoms with Crippen LogP contribution in [-0.2, 0) is 4.79 Å². The van der Waals surface area contributed by atoms with Gasteiger partial charge in [0.2, 0.25) is 11.9 Å². The highest BCUT2D eigenvalue weighted by molar-refractivity contribution is 6.06. The molecule has 1 aliphatic carbocycles. The van der Waals surface area contributed by atoms with Gasteiger partial charge in [-0.25, -0.2) is 9.37 Å². The lowest BCUT2D eigenvalue weighted by atomic mass is 9.72. The van der Waals surface area contributed by atoms with Gasteiger partial charge in [0.15, 0.2) is 12.4 Å². The van der Waals surface area contributed by atoms with Gasteiger partial charge in [0.25, 0.3) is 0 Å². The second-order valence-electron chi connectivity index (χ2n) is 15.5. The van der Waals surface area contributed by atoms with Crippen LogP contribution in [0.4, 0.5) is 29.3 Å². The minimum atomic E-state index is -4.60. The van der Waals surface area contributed by atoms with Crippen molar-refractivity contribution in [1.29, 1.82) is 0 Å². The van der Waals surface area contributed by atoms with E-state index >= 15 is 4.39 Å². The molecule has 4 aromatic rings. The topological polar surface area (TPSA) is 93.7 Å². The number of anilines is 2. The highest BCUT2D eigenvalue weighted by Gasteiger charge is 2.46. The van der Waals surface area contributed by atoms with Gasteiger partial charge in [0, 0.05) is 74.1 Å². The van der Waals surface area contributed by atoms with Gasteiger partial charge in [-0.05, 0) is 93.3 Å². The van der Waals surface area contributed by atoms with E-state index in [0.717, 1.165) is 53.3 Å². The molecular formula is C39H46F4N8O2. The van der Waals surface area contributed by atoms with Crippen molar-refractivity contribution >= 4 is 39.5 Å². The fourth-order valence-electron chi connectivity index (χ4n) is 8.41. The molecule has 0 bridgehead atoms. The van der Waals surface area contributed by atoms with Crippen LogP contribution in [-0.4, -0.2) is 114 Å². The first-order valence-electron chi connectivity index (χ1n) is 18.7. The zero-order valence-corrected chi connectivity index (χ0v) is 30.3. The number of nitrogens with one attached hydrogen (secondary N) is 1. The maximum Gasteiger partial charge on any atom is 0.422 e. The number of aromatic nitrogens is 4. The quantitative estimate of drug-likeness (QED) is 0.164. The molecule has 10 nitrogen and oxygen atoms in total. The summed E-state index contributed by atoms with van der Waals surface area (Å²) in [5.41, 5.74) is 4.27. The van der Waals surface area contributed by atoms with Crippen molar-refractivity contribution in [3.8, 4) is 16.9 Å². The fraction of sp³-hybridized carbons (Fsp3) is 0.538.